The third-order valence-electron chi connectivity index (χ3n) is 4.05. The van der Waals surface area contributed by atoms with Gasteiger partial charge in [-0.05, 0) is 50.6 Å². The van der Waals surface area contributed by atoms with Crippen molar-refractivity contribution in [2.45, 2.75) is 33.4 Å². The lowest BCUT2D eigenvalue weighted by Crippen LogP contribution is -2.28. The Morgan fingerprint density at radius 3 is 2.68 bits per heavy atom. The average Bonchev–Trinajstić information content (AvgIpc) is 2.94. The molecule has 0 saturated carbocycles. The fourth-order valence-corrected chi connectivity index (χ4v) is 2.94. The maximum Gasteiger partial charge on any atom is 0.258 e. The molecule has 0 radical (unpaired) electrons. The molecule has 0 saturated heterocycles. The molecule has 5 heteroatoms. The number of carbonyl (C=O) groups is 1. The summed E-state index contributed by atoms with van der Waals surface area (Å²) in [6, 6.07) is 15.8. The Hall–Kier alpha value is -2.82. The number of carbonyl (C=O) groups excluding carboxylic acids is 1. The predicted octanol–water partition coefficient (Wildman–Crippen LogP) is 3.62. The molecule has 0 aliphatic rings. The van der Waals surface area contributed by atoms with Gasteiger partial charge in [0.1, 0.15) is 11.6 Å². The third-order valence-corrected chi connectivity index (χ3v) is 4.05. The lowest BCUT2D eigenvalue weighted by Gasteiger charge is -2.11. The Morgan fingerprint density at radius 1 is 1.20 bits per heavy atom. The quantitative estimate of drug-likeness (QED) is 0.747. The highest BCUT2D eigenvalue weighted by atomic mass is 16.5. The van der Waals surface area contributed by atoms with Crippen LogP contribution in [0.15, 0.2) is 48.5 Å². The molecule has 0 fully saturated rings. The van der Waals surface area contributed by atoms with E-state index in [1.807, 2.05) is 49.4 Å². The molecule has 0 aliphatic carbocycles. The van der Waals surface area contributed by atoms with Crippen LogP contribution in [0.4, 0.5) is 0 Å². The van der Waals surface area contributed by atoms with E-state index in [1.54, 1.807) is 0 Å². The predicted molar refractivity (Wildman–Crippen MR) is 98.6 cm³/mol. The number of aryl methyl sites for hydroxylation is 1. The van der Waals surface area contributed by atoms with Crippen LogP contribution in [0.1, 0.15) is 31.3 Å². The molecule has 0 unspecified atom stereocenters. The maximum absolute atomic E-state index is 11.9. The van der Waals surface area contributed by atoms with Crippen molar-refractivity contribution >= 4 is 16.9 Å². The molecule has 0 aliphatic heterocycles. The number of aromatic nitrogens is 2. The van der Waals surface area contributed by atoms with Crippen LogP contribution in [0.5, 0.6) is 5.75 Å². The molecule has 1 N–H and O–H groups in total. The molecule has 2 aromatic carbocycles. The monoisotopic (exact) mass is 337 g/mol. The molecule has 0 spiro atoms. The summed E-state index contributed by atoms with van der Waals surface area (Å²) in [5.41, 5.74) is 3.10. The largest absolute Gasteiger partial charge is 0.484 e. The van der Waals surface area contributed by atoms with Crippen molar-refractivity contribution in [2.75, 3.05) is 6.61 Å². The van der Waals surface area contributed by atoms with Gasteiger partial charge in [-0.2, -0.15) is 0 Å². The number of hydrogen-bond acceptors (Lipinski definition) is 3. The number of ether oxygens (including phenoxy) is 1. The number of para-hydroxylation sites is 1. The van der Waals surface area contributed by atoms with Crippen LogP contribution >= 0.6 is 0 Å². The lowest BCUT2D eigenvalue weighted by atomic mass is 10.2. The van der Waals surface area contributed by atoms with Crippen molar-refractivity contribution in [3.63, 3.8) is 0 Å². The number of nitrogens with zero attached hydrogens (tertiary/aromatic N) is 2. The second-order valence-electron chi connectivity index (χ2n) is 6.32. The SMILES string of the molecule is Cc1nc2cc(CNC(=O)COc3ccccc3)ccc2n1C(C)C. The summed E-state index contributed by atoms with van der Waals surface area (Å²) in [6.07, 6.45) is 0. The van der Waals surface area contributed by atoms with Gasteiger partial charge in [-0.3, -0.25) is 4.79 Å². The van der Waals surface area contributed by atoms with Crippen LogP contribution in [-0.2, 0) is 11.3 Å². The summed E-state index contributed by atoms with van der Waals surface area (Å²) in [5.74, 6) is 1.55. The summed E-state index contributed by atoms with van der Waals surface area (Å²) in [6.45, 7) is 6.78. The molecule has 0 bridgehead atoms. The second kappa shape index (κ2) is 7.38. The highest BCUT2D eigenvalue weighted by Gasteiger charge is 2.11. The highest BCUT2D eigenvalue weighted by Crippen LogP contribution is 2.21. The number of amides is 1. The smallest absolute Gasteiger partial charge is 0.258 e. The van der Waals surface area contributed by atoms with E-state index in [-0.39, 0.29) is 12.5 Å². The van der Waals surface area contributed by atoms with E-state index in [1.165, 1.54) is 0 Å². The summed E-state index contributed by atoms with van der Waals surface area (Å²) in [7, 11) is 0. The van der Waals surface area contributed by atoms with Gasteiger partial charge in [0.2, 0.25) is 0 Å². The molecule has 130 valence electrons. The van der Waals surface area contributed by atoms with Gasteiger partial charge in [-0.25, -0.2) is 4.98 Å². The number of rotatable bonds is 6. The van der Waals surface area contributed by atoms with Crippen molar-refractivity contribution in [3.05, 3.63) is 59.9 Å². The number of nitrogens with one attached hydrogen (secondary N) is 1. The van der Waals surface area contributed by atoms with Crippen LogP contribution in [0.3, 0.4) is 0 Å². The van der Waals surface area contributed by atoms with Crippen molar-refractivity contribution in [3.8, 4) is 5.75 Å². The van der Waals surface area contributed by atoms with E-state index in [0.717, 1.165) is 22.4 Å². The normalized spacial score (nSPS) is 11.0. The second-order valence-corrected chi connectivity index (χ2v) is 6.32. The van der Waals surface area contributed by atoms with Crippen molar-refractivity contribution < 1.29 is 9.53 Å². The molecule has 25 heavy (non-hydrogen) atoms. The zero-order chi connectivity index (χ0) is 17.8. The summed E-state index contributed by atoms with van der Waals surface area (Å²) in [4.78, 5) is 16.6. The van der Waals surface area contributed by atoms with Crippen LogP contribution in [-0.4, -0.2) is 22.1 Å². The minimum Gasteiger partial charge on any atom is -0.484 e. The number of benzene rings is 2. The van der Waals surface area contributed by atoms with Crippen LogP contribution in [0.25, 0.3) is 11.0 Å². The Kier molecular flexibility index (Phi) is 5.03. The third kappa shape index (κ3) is 3.99. The van der Waals surface area contributed by atoms with Crippen LogP contribution < -0.4 is 10.1 Å². The minimum absolute atomic E-state index is 0.00728. The average molecular weight is 337 g/mol. The Labute approximate surface area is 147 Å². The fourth-order valence-electron chi connectivity index (χ4n) is 2.94. The fraction of sp³-hybridized carbons (Fsp3) is 0.300. The van der Waals surface area contributed by atoms with Gasteiger partial charge in [0.15, 0.2) is 6.61 Å². The summed E-state index contributed by atoms with van der Waals surface area (Å²) >= 11 is 0. The van der Waals surface area contributed by atoms with E-state index >= 15 is 0 Å². The highest BCUT2D eigenvalue weighted by molar-refractivity contribution is 5.79. The van der Waals surface area contributed by atoms with E-state index < -0.39 is 0 Å². The molecule has 1 heterocycles. The van der Waals surface area contributed by atoms with Gasteiger partial charge in [0, 0.05) is 12.6 Å². The van der Waals surface area contributed by atoms with E-state index in [2.05, 4.69) is 34.8 Å². The van der Waals surface area contributed by atoms with Crippen molar-refractivity contribution in [1.29, 1.82) is 0 Å². The maximum atomic E-state index is 11.9. The van der Waals surface area contributed by atoms with E-state index in [9.17, 15) is 4.79 Å². The first-order chi connectivity index (χ1) is 12.0. The van der Waals surface area contributed by atoms with Gasteiger partial charge in [-0.1, -0.05) is 24.3 Å². The first-order valence-corrected chi connectivity index (χ1v) is 8.46. The minimum atomic E-state index is -0.146. The summed E-state index contributed by atoms with van der Waals surface area (Å²) < 4.78 is 7.66. The number of hydrogen-bond donors (Lipinski definition) is 1. The zero-order valence-electron chi connectivity index (χ0n) is 14.8. The molecular weight excluding hydrogens is 314 g/mol. The van der Waals surface area contributed by atoms with Gasteiger partial charge in [-0.15, -0.1) is 0 Å². The van der Waals surface area contributed by atoms with Gasteiger partial charge >= 0.3 is 0 Å². The number of imidazole rings is 1. The van der Waals surface area contributed by atoms with Crippen molar-refractivity contribution in [1.82, 2.24) is 14.9 Å². The lowest BCUT2D eigenvalue weighted by molar-refractivity contribution is -0.123. The Bertz CT molecular complexity index is 869. The van der Waals surface area contributed by atoms with E-state index in [0.29, 0.717) is 18.3 Å². The topological polar surface area (TPSA) is 56.1 Å². The molecule has 3 aromatic rings. The van der Waals surface area contributed by atoms with Gasteiger partial charge < -0.3 is 14.6 Å². The van der Waals surface area contributed by atoms with Gasteiger partial charge in [0.25, 0.3) is 5.91 Å². The first-order valence-electron chi connectivity index (χ1n) is 8.46. The molecule has 1 aromatic heterocycles. The zero-order valence-corrected chi connectivity index (χ0v) is 14.8. The Morgan fingerprint density at radius 2 is 1.96 bits per heavy atom. The van der Waals surface area contributed by atoms with E-state index in [4.69, 9.17) is 4.74 Å². The van der Waals surface area contributed by atoms with Crippen molar-refractivity contribution in [2.24, 2.45) is 0 Å². The van der Waals surface area contributed by atoms with Crippen LogP contribution in [0.2, 0.25) is 0 Å². The van der Waals surface area contributed by atoms with Gasteiger partial charge in [0.05, 0.1) is 11.0 Å². The van der Waals surface area contributed by atoms with Crippen LogP contribution in [0, 0.1) is 6.92 Å². The molecule has 3 rings (SSSR count). The molecule has 1 amide bonds. The Balaban J connectivity index is 1.60. The first kappa shape index (κ1) is 17.0. The number of fused-ring (bicyclic) bond motifs is 1. The molecule has 5 nitrogen and oxygen atoms in total. The molecular formula is C20H23N3O2. The summed E-state index contributed by atoms with van der Waals surface area (Å²) in [5, 5.41) is 2.88. The standard InChI is InChI=1S/C20H23N3O2/c1-14(2)23-15(3)22-18-11-16(9-10-19(18)23)12-21-20(24)13-25-17-7-5-4-6-8-17/h4-11,14H,12-13H2,1-3H3,(H,21,24). The molecule has 0 atom stereocenters.